The lowest BCUT2D eigenvalue weighted by Gasteiger charge is -2.19. The van der Waals surface area contributed by atoms with Gasteiger partial charge < -0.3 is 32.0 Å². The molecule has 0 bridgehead atoms. The molecule has 0 aliphatic heterocycles. The first-order chi connectivity index (χ1) is 59.3. The first-order valence-corrected chi connectivity index (χ1v) is 41.6. The second kappa shape index (κ2) is 26.9. The summed E-state index contributed by atoms with van der Waals surface area (Å²) in [6.45, 7) is 13.6. The van der Waals surface area contributed by atoms with Crippen molar-refractivity contribution in [2.24, 2.45) is 0 Å². The van der Waals surface area contributed by atoms with Crippen molar-refractivity contribution in [3.63, 3.8) is 0 Å². The van der Waals surface area contributed by atoms with Gasteiger partial charge >= 0.3 is 0 Å². The zero-order chi connectivity index (χ0) is 81.3. The summed E-state index contributed by atoms with van der Waals surface area (Å²) in [6, 6.07) is 138. The van der Waals surface area contributed by atoms with Crippen LogP contribution in [0.5, 0.6) is 0 Å². The number of benzene rings is 17. The zero-order valence-electron chi connectivity index (χ0n) is 67.7. The van der Waals surface area contributed by atoms with Crippen LogP contribution in [0.3, 0.4) is 0 Å². The Hall–Kier alpha value is -15.7. The molecule has 0 unspecified atom stereocenters. The number of hydrogen-bond acceptors (Lipinski definition) is 2. The Bertz CT molecular complexity index is 8460. The standard InChI is InChI=1S/C63H49N5.C49H30N4/c1-62(2,3)39-28-32-54-47(36-39)48-37-40(63(4,5)6)29-33-55(48)67(54)52-26-17-27-53(49(52)38-64)68-51-25-16-14-23-46(51)59-57(68)35-31-44-43-30-34-56-58(60(43)66(61(44)59)42-20-11-8-12-21-42)45-22-13-15-24-50(45)65(56)41-18-9-7-10-19-41;50-31-32-24-25-36(33-14-4-1-5-15-33)45(30-32)53-42-23-13-11-21-40(42)47-44(53)29-27-38-37-26-28-43-46(48(37)52(49(38)47)35-18-8-3-9-19-35)39-20-10-12-22-41(39)51(43)34-16-6-2-7-17-34/h7-37H,1-6H3;1-30H. The van der Waals surface area contributed by atoms with E-state index in [0.29, 0.717) is 11.1 Å². The Morgan fingerprint density at radius 2 is 0.512 bits per heavy atom. The summed E-state index contributed by atoms with van der Waals surface area (Å²) in [5.41, 5.74) is 28.9. The minimum atomic E-state index is -0.0246. The predicted octanol–water partition coefficient (Wildman–Crippen LogP) is 29.1. The molecule has 9 nitrogen and oxygen atoms in total. The molecule has 0 radical (unpaired) electrons. The molecule has 0 aliphatic carbocycles. The van der Waals surface area contributed by atoms with Gasteiger partial charge in [0.2, 0.25) is 0 Å². The monoisotopic (exact) mass is 1550 g/mol. The molecule has 0 atom stereocenters. The Morgan fingerprint density at radius 1 is 0.215 bits per heavy atom. The minimum absolute atomic E-state index is 0.0246. The number of fused-ring (bicyclic) bond motifs is 25. The van der Waals surface area contributed by atoms with Gasteiger partial charge in [0.05, 0.1) is 106 Å². The summed E-state index contributed by atoms with van der Waals surface area (Å²) >= 11 is 0. The van der Waals surface area contributed by atoms with Crippen LogP contribution in [-0.4, -0.2) is 32.0 Å². The molecule has 9 heteroatoms. The van der Waals surface area contributed by atoms with Gasteiger partial charge in [-0.2, -0.15) is 10.5 Å². The third-order valence-electron chi connectivity index (χ3n) is 25.3. The van der Waals surface area contributed by atoms with E-state index in [9.17, 15) is 10.5 Å². The lowest BCUT2D eigenvalue weighted by atomic mass is 9.85. The summed E-state index contributed by atoms with van der Waals surface area (Å²) < 4.78 is 16.8. The summed E-state index contributed by atoms with van der Waals surface area (Å²) in [6.07, 6.45) is 0. The van der Waals surface area contributed by atoms with Crippen LogP contribution in [0.4, 0.5) is 0 Å². The van der Waals surface area contributed by atoms with E-state index < -0.39 is 0 Å². The van der Waals surface area contributed by atoms with Gasteiger partial charge in [-0.1, -0.05) is 266 Å². The fourth-order valence-electron chi connectivity index (χ4n) is 20.0. The van der Waals surface area contributed by atoms with Crippen molar-refractivity contribution in [2.75, 3.05) is 0 Å². The molecule has 0 aliphatic rings. The first kappa shape index (κ1) is 70.7. The summed E-state index contributed by atoms with van der Waals surface area (Å²) in [5, 5.41) is 38.3. The molecule has 572 valence electrons. The van der Waals surface area contributed by atoms with Gasteiger partial charge in [-0.15, -0.1) is 0 Å². The second-order valence-corrected chi connectivity index (χ2v) is 34.1. The van der Waals surface area contributed by atoms with E-state index >= 15 is 0 Å². The number of para-hydroxylation sites is 8. The number of aromatic nitrogens is 7. The van der Waals surface area contributed by atoms with Gasteiger partial charge in [-0.25, -0.2) is 0 Å². The Labute approximate surface area is 698 Å². The number of nitrogens with zero attached hydrogens (tertiary/aromatic N) is 9. The molecular formula is C112H79N9. The topological polar surface area (TPSA) is 82.1 Å². The number of hydrogen-bond donors (Lipinski definition) is 0. The Balaban J connectivity index is 0.000000145. The van der Waals surface area contributed by atoms with E-state index in [1.807, 2.05) is 18.2 Å². The van der Waals surface area contributed by atoms with E-state index in [1.54, 1.807) is 0 Å². The SMILES string of the molecule is CC(C)(C)c1ccc2c(c1)c1cc(C(C)(C)C)ccc1n2-c1cccc(-n2c3ccccc3c3c2ccc2c4ccc5c(c6ccccc6n5-c5ccccc5)c4n(-c4ccccc4)c23)c1C#N.N#Cc1ccc(-c2ccccc2)c(-n2c3ccccc3c3c2ccc2c4ccc5c(c6ccccc6n5-c5ccccc5)c4n(-c4ccccc4)c23)c1. The van der Waals surface area contributed by atoms with Crippen LogP contribution in [0.15, 0.2) is 370 Å². The molecule has 0 amide bonds. The number of nitriles is 2. The van der Waals surface area contributed by atoms with Crippen LogP contribution >= 0.6 is 0 Å². The lowest BCUT2D eigenvalue weighted by Crippen LogP contribution is -2.10. The molecule has 0 fully saturated rings. The van der Waals surface area contributed by atoms with E-state index in [0.717, 1.165) is 111 Å². The van der Waals surface area contributed by atoms with Gasteiger partial charge in [-0.05, 0) is 173 Å². The molecule has 0 saturated heterocycles. The molecular weight excluding hydrogens is 1470 g/mol. The molecule has 24 rings (SSSR count). The van der Waals surface area contributed by atoms with Crippen molar-refractivity contribution in [2.45, 2.75) is 52.4 Å². The van der Waals surface area contributed by atoms with Crippen LogP contribution in [0.2, 0.25) is 0 Å². The van der Waals surface area contributed by atoms with Crippen molar-refractivity contribution >= 4 is 153 Å². The predicted molar refractivity (Wildman–Crippen MR) is 506 cm³/mol. The van der Waals surface area contributed by atoms with Gasteiger partial charge in [0.15, 0.2) is 0 Å². The highest BCUT2D eigenvalue weighted by molar-refractivity contribution is 6.34. The average Bonchev–Trinajstić information content (AvgIpc) is 1.52. The van der Waals surface area contributed by atoms with Gasteiger partial charge in [0.1, 0.15) is 11.6 Å². The van der Waals surface area contributed by atoms with E-state index in [2.05, 4.69) is 437 Å². The van der Waals surface area contributed by atoms with Crippen molar-refractivity contribution in [1.82, 2.24) is 32.0 Å². The van der Waals surface area contributed by atoms with Crippen molar-refractivity contribution < 1.29 is 0 Å². The van der Waals surface area contributed by atoms with Crippen LogP contribution in [0.25, 0.3) is 204 Å². The van der Waals surface area contributed by atoms with Crippen molar-refractivity contribution in [3.05, 3.63) is 392 Å². The molecule has 17 aromatic carbocycles. The maximum atomic E-state index is 11.5. The Kier molecular flexibility index (Phi) is 15.7. The normalized spacial score (nSPS) is 12.2. The maximum absolute atomic E-state index is 11.5. The molecule has 24 aromatic rings. The largest absolute Gasteiger partial charge is 0.309 e. The first-order valence-electron chi connectivity index (χ1n) is 41.6. The molecule has 7 aromatic heterocycles. The highest BCUT2D eigenvalue weighted by atomic mass is 15.1. The molecule has 121 heavy (non-hydrogen) atoms. The third-order valence-corrected chi connectivity index (χ3v) is 25.3. The molecule has 0 saturated carbocycles. The fraction of sp³-hybridized carbons (Fsp3) is 0.0714. The number of rotatable bonds is 8. The van der Waals surface area contributed by atoms with Gasteiger partial charge in [0.25, 0.3) is 0 Å². The minimum Gasteiger partial charge on any atom is -0.309 e. The average molecular weight is 1550 g/mol. The smallest absolute Gasteiger partial charge is 0.104 e. The quantitative estimate of drug-likeness (QED) is 0.152. The highest BCUT2D eigenvalue weighted by Crippen LogP contribution is 2.51. The van der Waals surface area contributed by atoms with E-state index in [-0.39, 0.29) is 10.8 Å². The fourth-order valence-corrected chi connectivity index (χ4v) is 20.0. The summed E-state index contributed by atoms with van der Waals surface area (Å²) in [4.78, 5) is 0. The van der Waals surface area contributed by atoms with Crippen molar-refractivity contribution in [1.29, 1.82) is 10.5 Å². The van der Waals surface area contributed by atoms with E-state index in [4.69, 9.17) is 0 Å². The second-order valence-electron chi connectivity index (χ2n) is 34.1. The van der Waals surface area contributed by atoms with Gasteiger partial charge in [0, 0.05) is 104 Å². The van der Waals surface area contributed by atoms with Crippen molar-refractivity contribution in [3.8, 4) is 63.1 Å². The van der Waals surface area contributed by atoms with E-state index in [1.165, 1.54) is 103 Å². The lowest BCUT2D eigenvalue weighted by molar-refractivity contribution is 0.590. The molecule has 0 spiro atoms. The van der Waals surface area contributed by atoms with Crippen LogP contribution in [0.1, 0.15) is 63.8 Å². The highest BCUT2D eigenvalue weighted by Gasteiger charge is 2.31. The summed E-state index contributed by atoms with van der Waals surface area (Å²) in [7, 11) is 0. The molecule has 7 heterocycles. The summed E-state index contributed by atoms with van der Waals surface area (Å²) in [5.74, 6) is 0. The van der Waals surface area contributed by atoms with Crippen LogP contribution in [-0.2, 0) is 10.8 Å². The Morgan fingerprint density at radius 3 is 0.868 bits per heavy atom. The third kappa shape index (κ3) is 10.6. The maximum Gasteiger partial charge on any atom is 0.104 e. The van der Waals surface area contributed by atoms with Crippen LogP contribution < -0.4 is 0 Å². The van der Waals surface area contributed by atoms with Crippen LogP contribution in [0, 0.1) is 22.7 Å². The molecule has 0 N–H and O–H groups in total. The van der Waals surface area contributed by atoms with Gasteiger partial charge in [-0.3, -0.25) is 0 Å². The zero-order valence-corrected chi connectivity index (χ0v) is 67.7.